The van der Waals surface area contributed by atoms with Gasteiger partial charge in [0, 0.05) is 18.3 Å². The molecule has 0 bridgehead atoms. The van der Waals surface area contributed by atoms with Gasteiger partial charge in [0.25, 0.3) is 5.69 Å². The minimum Gasteiger partial charge on any atom is -0.370 e. The van der Waals surface area contributed by atoms with Gasteiger partial charge >= 0.3 is 0 Å². The summed E-state index contributed by atoms with van der Waals surface area (Å²) in [5, 5.41) is 14.0. The van der Waals surface area contributed by atoms with Crippen LogP contribution in [0.2, 0.25) is 0 Å². The molecule has 1 aliphatic carbocycles. The monoisotopic (exact) mass is 249 g/mol. The summed E-state index contributed by atoms with van der Waals surface area (Å²) in [6.07, 6.45) is 8.02. The molecule has 1 aliphatic rings. The molecule has 1 heterocycles. The van der Waals surface area contributed by atoms with Crippen molar-refractivity contribution in [3.05, 3.63) is 27.9 Å². The maximum Gasteiger partial charge on any atom is 0.277 e. The highest BCUT2D eigenvalue weighted by atomic mass is 16.6. The highest BCUT2D eigenvalue weighted by Gasteiger charge is 2.15. The lowest BCUT2D eigenvalue weighted by atomic mass is 10.0. The average molecular weight is 249 g/mol. The summed E-state index contributed by atoms with van der Waals surface area (Å²) in [7, 11) is 0. The van der Waals surface area contributed by atoms with Gasteiger partial charge in [-0.3, -0.25) is 10.1 Å². The zero-order valence-corrected chi connectivity index (χ0v) is 10.7. The zero-order valence-electron chi connectivity index (χ0n) is 10.7. The highest BCUT2D eigenvalue weighted by Crippen LogP contribution is 2.27. The van der Waals surface area contributed by atoms with Crippen LogP contribution in [0.4, 0.5) is 11.5 Å². The number of nitrogens with one attached hydrogen (secondary N) is 1. The second-order valence-corrected chi connectivity index (χ2v) is 4.98. The first kappa shape index (κ1) is 12.8. The van der Waals surface area contributed by atoms with E-state index in [2.05, 4.69) is 10.3 Å². The summed E-state index contributed by atoms with van der Waals surface area (Å²) in [5.74, 6) is 1.42. The second kappa shape index (κ2) is 5.80. The van der Waals surface area contributed by atoms with E-state index in [1.807, 2.05) is 0 Å². The zero-order chi connectivity index (χ0) is 13.0. The van der Waals surface area contributed by atoms with Gasteiger partial charge in [-0.15, -0.1) is 0 Å². The van der Waals surface area contributed by atoms with Crippen LogP contribution in [0.15, 0.2) is 12.3 Å². The van der Waals surface area contributed by atoms with Gasteiger partial charge in [-0.2, -0.15) is 0 Å². The Hall–Kier alpha value is -1.65. The fraction of sp³-hybridized carbons (Fsp3) is 0.615. The van der Waals surface area contributed by atoms with Crippen LogP contribution in [0.3, 0.4) is 0 Å². The number of hydrogen-bond acceptors (Lipinski definition) is 4. The smallest absolute Gasteiger partial charge is 0.277 e. The number of pyridine rings is 1. The van der Waals surface area contributed by atoms with E-state index in [1.165, 1.54) is 31.7 Å². The maximum atomic E-state index is 10.8. The first-order valence-corrected chi connectivity index (χ1v) is 6.51. The van der Waals surface area contributed by atoms with E-state index in [1.54, 1.807) is 13.1 Å². The predicted octanol–water partition coefficient (Wildman–Crippen LogP) is 3.29. The molecule has 1 N–H and O–H groups in total. The van der Waals surface area contributed by atoms with Crippen molar-refractivity contribution in [2.24, 2.45) is 5.92 Å². The maximum absolute atomic E-state index is 10.8. The van der Waals surface area contributed by atoms with Gasteiger partial charge in [-0.1, -0.05) is 25.7 Å². The van der Waals surface area contributed by atoms with E-state index in [-0.39, 0.29) is 10.6 Å². The van der Waals surface area contributed by atoms with Crippen molar-refractivity contribution < 1.29 is 4.92 Å². The fourth-order valence-corrected chi connectivity index (χ4v) is 2.51. The highest BCUT2D eigenvalue weighted by molar-refractivity contribution is 5.48. The van der Waals surface area contributed by atoms with Gasteiger partial charge in [0.05, 0.1) is 11.0 Å². The number of aromatic nitrogens is 1. The Morgan fingerprint density at radius 2 is 2.22 bits per heavy atom. The summed E-state index contributed by atoms with van der Waals surface area (Å²) in [6.45, 7) is 2.55. The second-order valence-electron chi connectivity index (χ2n) is 4.98. The predicted molar refractivity (Wildman–Crippen MR) is 70.7 cm³/mol. The van der Waals surface area contributed by atoms with E-state index in [4.69, 9.17) is 0 Å². The van der Waals surface area contributed by atoms with Crippen molar-refractivity contribution in [1.82, 2.24) is 4.98 Å². The minimum absolute atomic E-state index is 0.133. The van der Waals surface area contributed by atoms with E-state index in [0.29, 0.717) is 11.4 Å². The van der Waals surface area contributed by atoms with Crippen LogP contribution in [0.5, 0.6) is 0 Å². The number of rotatable bonds is 5. The minimum atomic E-state index is -0.362. The van der Waals surface area contributed by atoms with Crippen molar-refractivity contribution in [1.29, 1.82) is 0 Å². The molecule has 1 aromatic rings. The molecule has 0 spiro atoms. The lowest BCUT2D eigenvalue weighted by Crippen LogP contribution is -2.08. The Morgan fingerprint density at radius 1 is 1.50 bits per heavy atom. The van der Waals surface area contributed by atoms with Crippen molar-refractivity contribution in [2.45, 2.75) is 39.0 Å². The van der Waals surface area contributed by atoms with Gasteiger partial charge < -0.3 is 5.32 Å². The summed E-state index contributed by atoms with van der Waals surface area (Å²) in [6, 6.07) is 1.52. The molecule has 1 fully saturated rings. The molecule has 5 heteroatoms. The van der Waals surface area contributed by atoms with Gasteiger partial charge in [0.15, 0.2) is 0 Å². The summed E-state index contributed by atoms with van der Waals surface area (Å²) < 4.78 is 0. The number of nitrogens with zero attached hydrogens (tertiary/aromatic N) is 2. The van der Waals surface area contributed by atoms with E-state index in [9.17, 15) is 10.1 Å². The largest absolute Gasteiger partial charge is 0.370 e. The average Bonchev–Trinajstić information content (AvgIpc) is 2.84. The molecule has 0 radical (unpaired) electrons. The van der Waals surface area contributed by atoms with Gasteiger partial charge in [0.1, 0.15) is 5.82 Å². The molecule has 5 nitrogen and oxygen atoms in total. The number of aryl methyl sites for hydroxylation is 1. The first-order chi connectivity index (χ1) is 8.66. The Morgan fingerprint density at radius 3 is 2.89 bits per heavy atom. The molecule has 0 aliphatic heterocycles. The Bertz CT molecular complexity index is 428. The molecular weight excluding hydrogens is 230 g/mol. The normalized spacial score (nSPS) is 15.8. The molecule has 18 heavy (non-hydrogen) atoms. The molecule has 0 unspecified atom stereocenters. The van der Waals surface area contributed by atoms with E-state index >= 15 is 0 Å². The Labute approximate surface area is 107 Å². The number of anilines is 1. The van der Waals surface area contributed by atoms with Crippen LogP contribution in [-0.4, -0.2) is 16.5 Å². The molecule has 1 aromatic heterocycles. The van der Waals surface area contributed by atoms with Gasteiger partial charge in [-0.05, 0) is 19.3 Å². The van der Waals surface area contributed by atoms with Crippen LogP contribution in [-0.2, 0) is 0 Å². The SMILES string of the molecule is Cc1cnc(NCCC2CCCC2)cc1[N+](=O)[O-]. The van der Waals surface area contributed by atoms with Crippen molar-refractivity contribution in [2.75, 3.05) is 11.9 Å². The number of hydrogen-bond donors (Lipinski definition) is 1. The fourth-order valence-electron chi connectivity index (χ4n) is 2.51. The Balaban J connectivity index is 1.88. The quantitative estimate of drug-likeness (QED) is 0.642. The molecule has 0 saturated heterocycles. The van der Waals surface area contributed by atoms with Crippen LogP contribution in [0.1, 0.15) is 37.7 Å². The van der Waals surface area contributed by atoms with Crippen molar-refractivity contribution >= 4 is 11.5 Å². The summed E-state index contributed by atoms with van der Waals surface area (Å²) in [5.41, 5.74) is 0.731. The lowest BCUT2D eigenvalue weighted by Gasteiger charge is -2.10. The van der Waals surface area contributed by atoms with E-state index < -0.39 is 0 Å². The third kappa shape index (κ3) is 3.18. The van der Waals surface area contributed by atoms with Gasteiger partial charge in [-0.25, -0.2) is 4.98 Å². The molecule has 0 atom stereocenters. The third-order valence-electron chi connectivity index (χ3n) is 3.60. The molecule has 98 valence electrons. The number of nitro groups is 1. The standard InChI is InChI=1S/C13H19N3O2/c1-10-9-15-13(8-12(10)16(17)18)14-7-6-11-4-2-3-5-11/h8-9,11H,2-7H2,1H3,(H,14,15). The topological polar surface area (TPSA) is 68.1 Å². The van der Waals surface area contributed by atoms with E-state index in [0.717, 1.165) is 18.9 Å². The lowest BCUT2D eigenvalue weighted by molar-refractivity contribution is -0.385. The van der Waals surface area contributed by atoms with Gasteiger partial charge in [0.2, 0.25) is 0 Å². The van der Waals surface area contributed by atoms with Crippen LogP contribution in [0, 0.1) is 23.0 Å². The molecule has 2 rings (SSSR count). The first-order valence-electron chi connectivity index (χ1n) is 6.51. The third-order valence-corrected chi connectivity index (χ3v) is 3.60. The van der Waals surface area contributed by atoms with Crippen molar-refractivity contribution in [3.8, 4) is 0 Å². The molecular formula is C13H19N3O2. The summed E-state index contributed by atoms with van der Waals surface area (Å²) in [4.78, 5) is 14.6. The molecule has 0 aromatic carbocycles. The Kier molecular flexibility index (Phi) is 4.12. The van der Waals surface area contributed by atoms with Crippen LogP contribution >= 0.6 is 0 Å². The summed E-state index contributed by atoms with van der Waals surface area (Å²) >= 11 is 0. The molecule has 0 amide bonds. The van der Waals surface area contributed by atoms with Crippen LogP contribution < -0.4 is 5.32 Å². The molecule has 1 saturated carbocycles. The van der Waals surface area contributed by atoms with Crippen LogP contribution in [0.25, 0.3) is 0 Å². The van der Waals surface area contributed by atoms with Crippen molar-refractivity contribution in [3.63, 3.8) is 0 Å².